The van der Waals surface area contributed by atoms with Crippen LogP contribution in [-0.4, -0.2) is 28.2 Å². The van der Waals surface area contributed by atoms with Crippen molar-refractivity contribution >= 4 is 17.7 Å². The number of aromatic nitrogens is 2. The number of hydrogen-bond donors (Lipinski definition) is 1. The Balaban J connectivity index is 2.43. The maximum atomic E-state index is 12.4. The number of carbonyl (C=O) groups excluding carboxylic acids is 1. The van der Waals surface area contributed by atoms with Gasteiger partial charge in [0.05, 0.1) is 11.3 Å². The summed E-state index contributed by atoms with van der Waals surface area (Å²) in [6.07, 6.45) is 4.41. The van der Waals surface area contributed by atoms with Crippen LogP contribution < -0.4 is 5.32 Å². The fourth-order valence-corrected chi connectivity index (χ4v) is 2.19. The number of nitrogens with zero attached hydrogens (tertiary/aromatic N) is 2. The van der Waals surface area contributed by atoms with Crippen molar-refractivity contribution in [1.82, 2.24) is 15.3 Å². The summed E-state index contributed by atoms with van der Waals surface area (Å²) in [4.78, 5) is 21.1. The molecule has 0 radical (unpaired) electrons. The molecule has 110 valence electrons. The molecule has 0 aliphatic rings. The zero-order valence-electron chi connectivity index (χ0n) is 12.5. The van der Waals surface area contributed by atoms with Crippen molar-refractivity contribution < 1.29 is 4.79 Å². The third kappa shape index (κ3) is 3.82. The van der Waals surface area contributed by atoms with Gasteiger partial charge in [0.15, 0.2) is 5.16 Å². The van der Waals surface area contributed by atoms with E-state index in [0.717, 1.165) is 12.0 Å². The molecule has 1 aromatic heterocycles. The lowest BCUT2D eigenvalue weighted by Crippen LogP contribution is -2.32. The van der Waals surface area contributed by atoms with E-state index >= 15 is 0 Å². The molecular weight excluding hydrogens is 282 g/mol. The Morgan fingerprint density at radius 3 is 2.67 bits per heavy atom. The first kappa shape index (κ1) is 15.5. The summed E-state index contributed by atoms with van der Waals surface area (Å²) in [7, 11) is 0. The highest BCUT2D eigenvalue weighted by Crippen LogP contribution is 2.23. The second-order valence-corrected chi connectivity index (χ2v) is 5.54. The normalized spacial score (nSPS) is 12.0. The zero-order chi connectivity index (χ0) is 15.2. The molecule has 5 heteroatoms. The van der Waals surface area contributed by atoms with E-state index in [1.807, 2.05) is 50.4 Å². The number of benzene rings is 1. The van der Waals surface area contributed by atoms with Gasteiger partial charge in [0.2, 0.25) is 0 Å². The standard InChI is InChI=1S/C16H19N3OS/c1-4-11(2)18-15(20)13-10-17-16(21-3)19-14(13)12-8-6-5-7-9-12/h5-11H,4H2,1-3H3,(H,18,20)/t11-/m0/s1. The van der Waals surface area contributed by atoms with Crippen molar-refractivity contribution in [3.8, 4) is 11.3 Å². The zero-order valence-corrected chi connectivity index (χ0v) is 13.3. The molecule has 1 atom stereocenters. The second kappa shape index (κ2) is 7.22. The highest BCUT2D eigenvalue weighted by molar-refractivity contribution is 7.98. The lowest BCUT2D eigenvalue weighted by molar-refractivity contribution is 0.0939. The molecule has 0 saturated heterocycles. The van der Waals surface area contributed by atoms with Crippen LogP contribution >= 0.6 is 11.8 Å². The van der Waals surface area contributed by atoms with Gasteiger partial charge in [-0.3, -0.25) is 4.79 Å². The van der Waals surface area contributed by atoms with Gasteiger partial charge in [-0.1, -0.05) is 49.0 Å². The smallest absolute Gasteiger partial charge is 0.255 e. The summed E-state index contributed by atoms with van der Waals surface area (Å²) in [5, 5.41) is 3.63. The first-order chi connectivity index (χ1) is 10.2. The number of nitrogens with one attached hydrogen (secondary N) is 1. The summed E-state index contributed by atoms with van der Waals surface area (Å²) in [5.41, 5.74) is 2.11. The van der Waals surface area contributed by atoms with E-state index in [1.54, 1.807) is 6.20 Å². The Hall–Kier alpha value is -1.88. The summed E-state index contributed by atoms with van der Waals surface area (Å²) in [6, 6.07) is 9.85. The summed E-state index contributed by atoms with van der Waals surface area (Å²) in [6.45, 7) is 4.02. The topological polar surface area (TPSA) is 54.9 Å². The molecule has 0 saturated carbocycles. The fourth-order valence-electron chi connectivity index (χ4n) is 1.85. The molecule has 0 fully saturated rings. The summed E-state index contributed by atoms with van der Waals surface area (Å²) < 4.78 is 0. The van der Waals surface area contributed by atoms with Gasteiger partial charge < -0.3 is 5.32 Å². The van der Waals surface area contributed by atoms with Crippen molar-refractivity contribution in [2.75, 3.05) is 6.26 Å². The maximum Gasteiger partial charge on any atom is 0.255 e. The Bertz CT molecular complexity index is 616. The molecule has 1 amide bonds. The van der Waals surface area contributed by atoms with E-state index in [2.05, 4.69) is 15.3 Å². The van der Waals surface area contributed by atoms with Crippen molar-refractivity contribution in [1.29, 1.82) is 0 Å². The van der Waals surface area contributed by atoms with Crippen LogP contribution in [-0.2, 0) is 0 Å². The van der Waals surface area contributed by atoms with E-state index in [9.17, 15) is 4.79 Å². The number of rotatable bonds is 5. The lowest BCUT2D eigenvalue weighted by atomic mass is 10.1. The van der Waals surface area contributed by atoms with Crippen molar-refractivity contribution in [3.63, 3.8) is 0 Å². The molecule has 0 spiro atoms. The van der Waals surface area contributed by atoms with Crippen LogP contribution in [0, 0.1) is 0 Å². The van der Waals surface area contributed by atoms with Crippen LogP contribution in [0.5, 0.6) is 0 Å². The van der Waals surface area contributed by atoms with E-state index in [-0.39, 0.29) is 11.9 Å². The maximum absolute atomic E-state index is 12.4. The predicted octanol–water partition coefficient (Wildman–Crippen LogP) is 3.39. The highest BCUT2D eigenvalue weighted by atomic mass is 32.2. The third-order valence-electron chi connectivity index (χ3n) is 3.23. The molecule has 2 aromatic rings. The van der Waals surface area contributed by atoms with Gasteiger partial charge in [-0.15, -0.1) is 0 Å². The molecule has 1 N–H and O–H groups in total. The van der Waals surface area contributed by atoms with Crippen LogP contribution in [0.15, 0.2) is 41.7 Å². The molecule has 0 bridgehead atoms. The minimum Gasteiger partial charge on any atom is -0.349 e. The summed E-state index contributed by atoms with van der Waals surface area (Å²) in [5.74, 6) is -0.129. The monoisotopic (exact) mass is 301 g/mol. The average molecular weight is 301 g/mol. The predicted molar refractivity (Wildman–Crippen MR) is 86.5 cm³/mol. The van der Waals surface area contributed by atoms with Crippen LogP contribution in [0.1, 0.15) is 30.6 Å². The van der Waals surface area contributed by atoms with Gasteiger partial charge in [-0.25, -0.2) is 9.97 Å². The van der Waals surface area contributed by atoms with Crippen LogP contribution in [0.2, 0.25) is 0 Å². The quantitative estimate of drug-likeness (QED) is 0.679. The van der Waals surface area contributed by atoms with Crippen molar-refractivity contribution in [2.24, 2.45) is 0 Å². The summed E-state index contributed by atoms with van der Waals surface area (Å²) >= 11 is 1.46. The van der Waals surface area contributed by atoms with Gasteiger partial charge in [-0.2, -0.15) is 0 Å². The van der Waals surface area contributed by atoms with Crippen LogP contribution in [0.25, 0.3) is 11.3 Å². The van der Waals surface area contributed by atoms with E-state index in [0.29, 0.717) is 16.4 Å². The van der Waals surface area contributed by atoms with Crippen molar-refractivity contribution in [3.05, 3.63) is 42.1 Å². The lowest BCUT2D eigenvalue weighted by Gasteiger charge is -2.14. The second-order valence-electron chi connectivity index (χ2n) is 4.77. The number of hydrogen-bond acceptors (Lipinski definition) is 4. The SMILES string of the molecule is CC[C@H](C)NC(=O)c1cnc(SC)nc1-c1ccccc1. The molecular formula is C16H19N3OS. The number of carbonyl (C=O) groups is 1. The molecule has 1 heterocycles. The first-order valence-corrected chi connectivity index (χ1v) is 8.15. The number of thioether (sulfide) groups is 1. The van der Waals surface area contributed by atoms with Crippen LogP contribution in [0.3, 0.4) is 0 Å². The Morgan fingerprint density at radius 2 is 2.05 bits per heavy atom. The van der Waals surface area contributed by atoms with Crippen LogP contribution in [0.4, 0.5) is 0 Å². The Labute approximate surface area is 129 Å². The highest BCUT2D eigenvalue weighted by Gasteiger charge is 2.17. The van der Waals surface area contributed by atoms with E-state index in [1.165, 1.54) is 11.8 Å². The van der Waals surface area contributed by atoms with Gasteiger partial charge in [0, 0.05) is 17.8 Å². The average Bonchev–Trinajstić information content (AvgIpc) is 2.54. The van der Waals surface area contributed by atoms with E-state index in [4.69, 9.17) is 0 Å². The minimum absolute atomic E-state index is 0.126. The Morgan fingerprint density at radius 1 is 1.33 bits per heavy atom. The third-order valence-corrected chi connectivity index (χ3v) is 3.79. The van der Waals surface area contributed by atoms with Gasteiger partial charge in [-0.05, 0) is 19.6 Å². The first-order valence-electron chi connectivity index (χ1n) is 6.93. The largest absolute Gasteiger partial charge is 0.349 e. The molecule has 1 aromatic carbocycles. The Kier molecular flexibility index (Phi) is 5.33. The minimum atomic E-state index is -0.129. The molecule has 21 heavy (non-hydrogen) atoms. The molecule has 0 unspecified atom stereocenters. The fraction of sp³-hybridized carbons (Fsp3) is 0.312. The number of amides is 1. The molecule has 2 rings (SSSR count). The van der Waals surface area contributed by atoms with E-state index < -0.39 is 0 Å². The van der Waals surface area contributed by atoms with Crippen molar-refractivity contribution in [2.45, 2.75) is 31.5 Å². The van der Waals surface area contributed by atoms with Gasteiger partial charge in [0.1, 0.15) is 0 Å². The molecule has 0 aliphatic carbocycles. The molecule has 0 aliphatic heterocycles. The van der Waals surface area contributed by atoms with Gasteiger partial charge >= 0.3 is 0 Å². The molecule has 4 nitrogen and oxygen atoms in total. The van der Waals surface area contributed by atoms with Gasteiger partial charge in [0.25, 0.3) is 5.91 Å².